The molecule has 2 N–H and O–H groups in total. The Labute approximate surface area is 194 Å². The van der Waals surface area contributed by atoms with E-state index in [0.29, 0.717) is 19.3 Å². The molecule has 0 aliphatic carbocycles. The van der Waals surface area contributed by atoms with Gasteiger partial charge in [0.15, 0.2) is 0 Å². The number of rotatable bonds is 20. The quantitative estimate of drug-likeness (QED) is 0.0826. The van der Waals surface area contributed by atoms with Crippen LogP contribution in [0.15, 0.2) is 24.3 Å². The second-order valence-electron chi connectivity index (χ2n) is 8.63. The molecule has 0 aliphatic heterocycles. The molecule has 0 aromatic carbocycles. The molecule has 32 heavy (non-hydrogen) atoms. The Bertz CT molecular complexity index is 558. The van der Waals surface area contributed by atoms with Crippen molar-refractivity contribution in [2.75, 3.05) is 6.61 Å². The summed E-state index contributed by atoms with van der Waals surface area (Å²) < 4.78 is 0. The number of hydrogen-bond donors (Lipinski definition) is 2. The fraction of sp³-hybridized carbons (Fsp3) is 0.731. The van der Waals surface area contributed by atoms with E-state index in [9.17, 15) is 14.4 Å². The van der Waals surface area contributed by atoms with Crippen LogP contribution in [0.1, 0.15) is 104 Å². The summed E-state index contributed by atoms with van der Waals surface area (Å²) in [5, 5.41) is 9.06. The molecular formula is C26H45NO5. The van der Waals surface area contributed by atoms with Gasteiger partial charge in [-0.2, -0.15) is 5.48 Å². The number of aldehydes is 1. The lowest BCUT2D eigenvalue weighted by molar-refractivity contribution is -0.156. The number of carbonyl (C=O) groups is 3. The van der Waals surface area contributed by atoms with Gasteiger partial charge in [0.25, 0.3) is 5.91 Å². The van der Waals surface area contributed by atoms with Gasteiger partial charge in [-0.1, -0.05) is 64.2 Å². The van der Waals surface area contributed by atoms with Gasteiger partial charge in [-0.3, -0.25) is 4.79 Å². The SMILES string of the molecule is C=C(C)C(=O)ONC(=O)C(CCCO)CCCCCCC=CCCC(C=O)CCCCC. The Morgan fingerprint density at radius 1 is 0.938 bits per heavy atom. The molecule has 0 aromatic rings. The van der Waals surface area contributed by atoms with Crippen LogP contribution >= 0.6 is 0 Å². The highest BCUT2D eigenvalue weighted by molar-refractivity contribution is 5.88. The fourth-order valence-corrected chi connectivity index (χ4v) is 3.50. The van der Waals surface area contributed by atoms with E-state index in [1.807, 2.05) is 0 Å². The first-order valence-electron chi connectivity index (χ1n) is 12.3. The molecule has 1 amide bonds. The molecule has 0 saturated carbocycles. The largest absolute Gasteiger partial charge is 0.396 e. The lowest BCUT2D eigenvalue weighted by Crippen LogP contribution is -2.33. The van der Waals surface area contributed by atoms with E-state index in [2.05, 4.69) is 31.1 Å². The molecule has 2 atom stereocenters. The zero-order valence-electron chi connectivity index (χ0n) is 20.3. The number of hydrogen-bond acceptors (Lipinski definition) is 5. The van der Waals surface area contributed by atoms with E-state index in [4.69, 9.17) is 9.94 Å². The highest BCUT2D eigenvalue weighted by Gasteiger charge is 2.19. The summed E-state index contributed by atoms with van der Waals surface area (Å²) in [6.07, 6.45) is 19.0. The highest BCUT2D eigenvalue weighted by Crippen LogP contribution is 2.18. The Morgan fingerprint density at radius 2 is 1.59 bits per heavy atom. The van der Waals surface area contributed by atoms with Gasteiger partial charge in [-0.05, 0) is 58.3 Å². The molecule has 6 heteroatoms. The van der Waals surface area contributed by atoms with Crippen LogP contribution in [-0.4, -0.2) is 29.9 Å². The minimum atomic E-state index is -0.648. The minimum absolute atomic E-state index is 0.0357. The number of aliphatic hydroxyl groups excluding tert-OH is 1. The van der Waals surface area contributed by atoms with Gasteiger partial charge in [0.05, 0.1) is 0 Å². The predicted octanol–water partition coefficient (Wildman–Crippen LogP) is 5.60. The van der Waals surface area contributed by atoms with Gasteiger partial charge >= 0.3 is 5.97 Å². The number of hydroxylamine groups is 1. The fourth-order valence-electron chi connectivity index (χ4n) is 3.50. The van der Waals surface area contributed by atoms with E-state index >= 15 is 0 Å². The van der Waals surface area contributed by atoms with Crippen molar-refractivity contribution in [2.24, 2.45) is 11.8 Å². The standard InChI is InChI=1S/C26H45NO5/c1-4-5-12-16-23(21-29)17-13-10-8-6-7-9-11-14-18-24(19-15-20-28)25(30)27-32-26(31)22(2)3/h8,10,21,23-24,28H,2,4-7,9,11-20H2,1,3H3,(H,27,30). The molecule has 0 spiro atoms. The van der Waals surface area contributed by atoms with Crippen molar-refractivity contribution in [3.8, 4) is 0 Å². The number of unbranched alkanes of at least 4 members (excludes halogenated alkanes) is 6. The number of amides is 1. The van der Waals surface area contributed by atoms with Crippen LogP contribution < -0.4 is 5.48 Å². The Kier molecular flexibility index (Phi) is 19.7. The first kappa shape index (κ1) is 30.0. The van der Waals surface area contributed by atoms with Gasteiger partial charge in [-0.25, -0.2) is 4.79 Å². The average Bonchev–Trinajstić information content (AvgIpc) is 2.78. The maximum atomic E-state index is 12.3. The molecule has 6 nitrogen and oxygen atoms in total. The molecule has 0 fully saturated rings. The molecule has 0 aromatic heterocycles. The molecule has 2 unspecified atom stereocenters. The maximum absolute atomic E-state index is 12.3. The van der Waals surface area contributed by atoms with E-state index < -0.39 is 5.97 Å². The first-order chi connectivity index (χ1) is 15.5. The van der Waals surface area contributed by atoms with E-state index in [0.717, 1.165) is 64.1 Å². The third kappa shape index (κ3) is 16.7. The molecule has 0 heterocycles. The van der Waals surface area contributed by atoms with Crippen LogP contribution in [-0.2, 0) is 19.2 Å². The highest BCUT2D eigenvalue weighted by atomic mass is 16.7. The van der Waals surface area contributed by atoms with Crippen LogP contribution in [0.25, 0.3) is 0 Å². The van der Waals surface area contributed by atoms with Crippen LogP contribution in [0.3, 0.4) is 0 Å². The smallest absolute Gasteiger partial charge is 0.358 e. The minimum Gasteiger partial charge on any atom is -0.396 e. The molecular weight excluding hydrogens is 406 g/mol. The summed E-state index contributed by atoms with van der Waals surface area (Å²) in [5.41, 5.74) is 2.44. The van der Waals surface area contributed by atoms with Gasteiger partial charge in [0, 0.05) is 24.0 Å². The summed E-state index contributed by atoms with van der Waals surface area (Å²) in [7, 11) is 0. The monoisotopic (exact) mass is 451 g/mol. The maximum Gasteiger partial charge on any atom is 0.358 e. The Hall–Kier alpha value is -1.95. The van der Waals surface area contributed by atoms with Crippen molar-refractivity contribution in [1.82, 2.24) is 5.48 Å². The van der Waals surface area contributed by atoms with Gasteiger partial charge in [-0.15, -0.1) is 0 Å². The summed E-state index contributed by atoms with van der Waals surface area (Å²) in [5.74, 6) is -1.04. The summed E-state index contributed by atoms with van der Waals surface area (Å²) >= 11 is 0. The molecule has 184 valence electrons. The van der Waals surface area contributed by atoms with E-state index in [1.165, 1.54) is 19.8 Å². The average molecular weight is 452 g/mol. The second kappa shape index (κ2) is 20.9. The Balaban J connectivity index is 3.97. The summed E-state index contributed by atoms with van der Waals surface area (Å²) in [6, 6.07) is 0. The molecule has 0 saturated heterocycles. The second-order valence-corrected chi connectivity index (χ2v) is 8.63. The third-order valence-corrected chi connectivity index (χ3v) is 5.59. The Morgan fingerprint density at radius 3 is 2.25 bits per heavy atom. The lowest BCUT2D eigenvalue weighted by atomic mass is 9.95. The van der Waals surface area contributed by atoms with Crippen molar-refractivity contribution in [1.29, 1.82) is 0 Å². The van der Waals surface area contributed by atoms with Crippen LogP contribution in [0.4, 0.5) is 0 Å². The summed E-state index contributed by atoms with van der Waals surface area (Å²) in [4.78, 5) is 39.5. The van der Waals surface area contributed by atoms with Gasteiger partial charge < -0.3 is 14.7 Å². The zero-order chi connectivity index (χ0) is 24.0. The van der Waals surface area contributed by atoms with Crippen LogP contribution in [0.5, 0.6) is 0 Å². The molecule has 0 aliphatic rings. The van der Waals surface area contributed by atoms with Crippen LogP contribution in [0, 0.1) is 11.8 Å². The van der Waals surface area contributed by atoms with Crippen molar-refractivity contribution < 1.29 is 24.3 Å². The predicted molar refractivity (Wildman–Crippen MR) is 129 cm³/mol. The van der Waals surface area contributed by atoms with Gasteiger partial charge in [0.1, 0.15) is 6.29 Å². The summed E-state index contributed by atoms with van der Waals surface area (Å²) in [6.45, 7) is 7.21. The molecule has 0 bridgehead atoms. The van der Waals surface area contributed by atoms with Crippen molar-refractivity contribution in [3.05, 3.63) is 24.3 Å². The normalized spacial score (nSPS) is 13.0. The number of carbonyl (C=O) groups excluding carboxylic acids is 3. The molecule has 0 rings (SSSR count). The molecule has 0 radical (unpaired) electrons. The van der Waals surface area contributed by atoms with E-state index in [1.54, 1.807) is 0 Å². The first-order valence-corrected chi connectivity index (χ1v) is 12.3. The zero-order valence-corrected chi connectivity index (χ0v) is 20.3. The number of nitrogens with one attached hydrogen (secondary N) is 1. The third-order valence-electron chi connectivity index (χ3n) is 5.59. The van der Waals surface area contributed by atoms with Gasteiger partial charge in [0.2, 0.25) is 0 Å². The van der Waals surface area contributed by atoms with Crippen molar-refractivity contribution in [2.45, 2.75) is 104 Å². The lowest BCUT2D eigenvalue weighted by Gasteiger charge is -2.16. The van der Waals surface area contributed by atoms with Crippen molar-refractivity contribution >= 4 is 18.2 Å². The number of allylic oxidation sites excluding steroid dienone is 2. The van der Waals surface area contributed by atoms with Crippen LogP contribution in [0.2, 0.25) is 0 Å². The van der Waals surface area contributed by atoms with Crippen molar-refractivity contribution in [3.63, 3.8) is 0 Å². The van der Waals surface area contributed by atoms with E-state index in [-0.39, 0.29) is 29.9 Å². The topological polar surface area (TPSA) is 92.7 Å². The number of aliphatic hydroxyl groups is 1.